The van der Waals surface area contributed by atoms with E-state index in [1.807, 2.05) is 0 Å². The number of alkyl halides is 2. The Hall–Kier alpha value is -5.01. The number of hydrogen-bond donors (Lipinski definition) is 0. The molecule has 2 heterocycles. The molecule has 0 spiro atoms. The van der Waals surface area contributed by atoms with Crippen LogP contribution in [0, 0.1) is 18.6 Å². The summed E-state index contributed by atoms with van der Waals surface area (Å²) in [6, 6.07) is 9.64. The Labute approximate surface area is 268 Å². The molecule has 10 nitrogen and oxygen atoms in total. The first-order valence-electron chi connectivity index (χ1n) is 14.5. The Kier molecular flexibility index (Phi) is 9.65. The number of fused-ring (bicyclic) bond motifs is 1. The number of rotatable bonds is 8. The van der Waals surface area contributed by atoms with Crippen LogP contribution < -0.4 is 9.64 Å². The van der Waals surface area contributed by atoms with Gasteiger partial charge in [-0.25, -0.2) is 22.9 Å². The van der Waals surface area contributed by atoms with Crippen LogP contribution in [0.4, 0.5) is 33.1 Å². The van der Waals surface area contributed by atoms with Crippen molar-refractivity contribution in [2.24, 2.45) is 0 Å². The Bertz CT molecular complexity index is 1780. The second kappa shape index (κ2) is 13.0. The molecule has 2 amide bonds. The third kappa shape index (κ3) is 8.43. The number of carbonyl (C=O) groups excluding carboxylic acids is 3. The van der Waals surface area contributed by atoms with Gasteiger partial charge in [0, 0.05) is 17.3 Å². The molecule has 0 radical (unpaired) electrons. The van der Waals surface area contributed by atoms with Gasteiger partial charge < -0.3 is 14.2 Å². The lowest BCUT2D eigenvalue weighted by molar-refractivity contribution is -0.00291. The molecule has 47 heavy (non-hydrogen) atoms. The van der Waals surface area contributed by atoms with Crippen molar-refractivity contribution in [2.45, 2.75) is 72.0 Å². The molecule has 0 fully saturated rings. The first-order valence-corrected chi connectivity index (χ1v) is 14.5. The largest absolute Gasteiger partial charge is 0.490 e. The molecule has 0 unspecified atom stereocenters. The van der Waals surface area contributed by atoms with Crippen molar-refractivity contribution in [3.8, 4) is 16.9 Å². The molecule has 0 saturated carbocycles. The fraction of sp³-hybridized carbons (Fsp3) is 0.364. The minimum atomic E-state index is -3.84. The lowest BCUT2D eigenvalue weighted by atomic mass is 10.0. The fourth-order valence-corrected chi connectivity index (χ4v) is 4.25. The maximum Gasteiger partial charge on any atom is 0.427 e. The van der Waals surface area contributed by atoms with E-state index < -0.39 is 59.8 Å². The van der Waals surface area contributed by atoms with Crippen LogP contribution in [0.5, 0.6) is 5.75 Å². The molecule has 0 bridgehead atoms. The Morgan fingerprint density at radius 2 is 1.47 bits per heavy atom. The summed E-state index contributed by atoms with van der Waals surface area (Å²) in [6.07, 6.45) is -1.77. The number of anilines is 1. The maximum atomic E-state index is 15.8. The second-order valence-corrected chi connectivity index (χ2v) is 12.6. The van der Waals surface area contributed by atoms with E-state index in [1.165, 1.54) is 41.9 Å². The van der Waals surface area contributed by atoms with E-state index in [2.05, 4.69) is 10.1 Å². The molecule has 0 saturated heterocycles. The summed E-state index contributed by atoms with van der Waals surface area (Å²) in [5, 5.41) is 4.20. The molecule has 250 valence electrons. The highest BCUT2D eigenvalue weighted by Crippen LogP contribution is 2.34. The quantitative estimate of drug-likeness (QED) is 0.139. The van der Waals surface area contributed by atoms with Crippen molar-refractivity contribution in [3.05, 3.63) is 77.5 Å². The summed E-state index contributed by atoms with van der Waals surface area (Å²) in [4.78, 5) is 43.1. The van der Waals surface area contributed by atoms with E-state index in [0.29, 0.717) is 10.5 Å². The SMILES string of the molecule is Cc1ccc(-c2ccn3nc(N(C(=O)OC(C)(C)C)C(=O)OC(C)(C)C)nc3c2)c(F)c1OCCC(F)(F)C(=O)c1ccc(F)cc1. The number of ether oxygens (including phenoxy) is 3. The molecule has 4 aromatic rings. The predicted molar refractivity (Wildman–Crippen MR) is 164 cm³/mol. The average Bonchev–Trinajstić information content (AvgIpc) is 3.35. The van der Waals surface area contributed by atoms with Crippen LogP contribution in [0.25, 0.3) is 16.8 Å². The molecule has 0 aliphatic heterocycles. The van der Waals surface area contributed by atoms with Gasteiger partial charge in [-0.1, -0.05) is 12.1 Å². The summed E-state index contributed by atoms with van der Waals surface area (Å²) < 4.78 is 75.6. The van der Waals surface area contributed by atoms with Crippen LogP contribution in [0.3, 0.4) is 0 Å². The van der Waals surface area contributed by atoms with Crippen LogP contribution in [-0.2, 0) is 9.47 Å². The summed E-state index contributed by atoms with van der Waals surface area (Å²) in [5.41, 5.74) is -1.53. The number of imide groups is 1. The van der Waals surface area contributed by atoms with Gasteiger partial charge in [-0.2, -0.15) is 13.8 Å². The lowest BCUT2D eigenvalue weighted by Gasteiger charge is -2.26. The number of aryl methyl sites for hydroxylation is 1. The zero-order valence-corrected chi connectivity index (χ0v) is 26.9. The minimum absolute atomic E-state index is 0.0305. The van der Waals surface area contributed by atoms with E-state index in [-0.39, 0.29) is 34.0 Å². The van der Waals surface area contributed by atoms with Crippen LogP contribution in [-0.4, -0.2) is 56.3 Å². The second-order valence-electron chi connectivity index (χ2n) is 12.6. The minimum Gasteiger partial charge on any atom is -0.490 e. The predicted octanol–water partition coefficient (Wildman–Crippen LogP) is 7.95. The monoisotopic (exact) mass is 658 g/mol. The molecule has 2 aromatic heterocycles. The first kappa shape index (κ1) is 34.9. The third-order valence-electron chi connectivity index (χ3n) is 6.38. The number of amides is 2. The number of carbonyl (C=O) groups is 3. The molecule has 0 atom stereocenters. The molecule has 0 aliphatic rings. The maximum absolute atomic E-state index is 15.8. The zero-order chi connectivity index (χ0) is 34.9. The van der Waals surface area contributed by atoms with Crippen molar-refractivity contribution in [1.82, 2.24) is 14.6 Å². The standard InChI is InChI=1S/C33H34F4N4O6/c1-19-8-13-23(25(35)26(19)45-17-15-33(36,37)27(42)20-9-11-22(34)12-10-20)21-14-16-40-24(18-21)38-28(39-40)41(29(43)46-31(2,3)4)30(44)47-32(5,6)7/h8-14,16,18H,15,17H2,1-7H3. The first-order chi connectivity index (χ1) is 21.8. The van der Waals surface area contributed by atoms with Crippen LogP contribution in [0.1, 0.15) is 63.9 Å². The fourth-order valence-electron chi connectivity index (χ4n) is 4.25. The number of halogens is 4. The molecule has 4 rings (SSSR count). The molecular weight excluding hydrogens is 624 g/mol. The summed E-state index contributed by atoms with van der Waals surface area (Å²) in [6.45, 7) is 10.6. The van der Waals surface area contributed by atoms with Crippen LogP contribution in [0.2, 0.25) is 0 Å². The Morgan fingerprint density at radius 3 is 2.04 bits per heavy atom. The molecule has 0 aliphatic carbocycles. The molecule has 2 aromatic carbocycles. The highest BCUT2D eigenvalue weighted by atomic mass is 19.3. The van der Waals surface area contributed by atoms with Crippen molar-refractivity contribution in [3.63, 3.8) is 0 Å². The Morgan fingerprint density at radius 1 is 0.872 bits per heavy atom. The molecule has 0 N–H and O–H groups in total. The number of benzene rings is 2. The number of Topliss-reactive ketones (excluding diaryl/α,β-unsaturated/α-hetero) is 1. The normalized spacial score (nSPS) is 12.1. The van der Waals surface area contributed by atoms with Gasteiger partial charge in [0.05, 0.1) is 13.0 Å². The number of ketones is 1. The summed E-state index contributed by atoms with van der Waals surface area (Å²) in [7, 11) is 0. The van der Waals surface area contributed by atoms with Crippen LogP contribution in [0.15, 0.2) is 54.7 Å². The van der Waals surface area contributed by atoms with Gasteiger partial charge in [-0.15, -0.1) is 10.00 Å². The topological polar surface area (TPSA) is 112 Å². The van der Waals surface area contributed by atoms with Crippen molar-refractivity contribution in [2.75, 3.05) is 11.5 Å². The van der Waals surface area contributed by atoms with Gasteiger partial charge in [0.25, 0.3) is 5.95 Å². The Balaban J connectivity index is 1.59. The number of hydrogen-bond acceptors (Lipinski definition) is 8. The zero-order valence-electron chi connectivity index (χ0n) is 26.9. The number of aromatic nitrogens is 3. The van der Waals surface area contributed by atoms with Crippen molar-refractivity contribution >= 4 is 29.6 Å². The summed E-state index contributed by atoms with van der Waals surface area (Å²) >= 11 is 0. The van der Waals surface area contributed by atoms with E-state index in [9.17, 15) is 27.6 Å². The number of pyridine rings is 1. The lowest BCUT2D eigenvalue weighted by Crippen LogP contribution is -2.44. The van der Waals surface area contributed by atoms with Crippen molar-refractivity contribution in [1.29, 1.82) is 0 Å². The van der Waals surface area contributed by atoms with Gasteiger partial charge in [-0.05, 0) is 96.0 Å². The average molecular weight is 659 g/mol. The van der Waals surface area contributed by atoms with Gasteiger partial charge >= 0.3 is 18.1 Å². The van der Waals surface area contributed by atoms with Gasteiger partial charge in [0.1, 0.15) is 17.0 Å². The van der Waals surface area contributed by atoms with Crippen LogP contribution >= 0.6 is 0 Å². The smallest absolute Gasteiger partial charge is 0.427 e. The van der Waals surface area contributed by atoms with Gasteiger partial charge in [0.15, 0.2) is 17.2 Å². The number of nitrogens with zero attached hydrogens (tertiary/aromatic N) is 4. The van der Waals surface area contributed by atoms with Crippen molar-refractivity contribution < 1.29 is 46.2 Å². The van der Waals surface area contributed by atoms with E-state index >= 15 is 4.39 Å². The van der Waals surface area contributed by atoms with Gasteiger partial charge in [0.2, 0.25) is 5.78 Å². The highest BCUT2D eigenvalue weighted by Gasteiger charge is 2.39. The molecular formula is C33H34F4N4O6. The van der Waals surface area contributed by atoms with Gasteiger partial charge in [-0.3, -0.25) is 4.79 Å². The summed E-state index contributed by atoms with van der Waals surface area (Å²) in [5.74, 6) is -7.53. The van der Waals surface area contributed by atoms with E-state index in [4.69, 9.17) is 14.2 Å². The third-order valence-corrected chi connectivity index (χ3v) is 6.38. The highest BCUT2D eigenvalue weighted by molar-refractivity contribution is 6.08. The van der Waals surface area contributed by atoms with E-state index in [0.717, 1.165) is 24.3 Å². The molecule has 14 heteroatoms. The van der Waals surface area contributed by atoms with E-state index in [1.54, 1.807) is 41.5 Å².